The summed E-state index contributed by atoms with van der Waals surface area (Å²) in [5.74, 6) is -0.144. The van der Waals surface area contributed by atoms with Gasteiger partial charge in [0.1, 0.15) is 5.75 Å². The standard InChI is InChI=1S/C15H13NO4/c17-14-6-5-10(15(18)19)7-16(14)8-11-9-20-13-4-2-1-3-12(11)13/h1-7,11H,8-9H2,(H,18,19). The van der Waals surface area contributed by atoms with Crippen LogP contribution < -0.4 is 10.3 Å². The monoisotopic (exact) mass is 271 g/mol. The Morgan fingerprint density at radius 3 is 2.90 bits per heavy atom. The summed E-state index contributed by atoms with van der Waals surface area (Å²) in [4.78, 5) is 22.8. The molecule has 0 bridgehead atoms. The van der Waals surface area contributed by atoms with Gasteiger partial charge in [0.2, 0.25) is 0 Å². The van der Waals surface area contributed by atoms with Gasteiger partial charge in [0.25, 0.3) is 5.56 Å². The van der Waals surface area contributed by atoms with E-state index in [1.54, 1.807) is 0 Å². The summed E-state index contributed by atoms with van der Waals surface area (Å²) in [6.07, 6.45) is 1.38. The van der Waals surface area contributed by atoms with Crippen LogP contribution in [0.15, 0.2) is 47.4 Å². The molecule has 5 nitrogen and oxygen atoms in total. The van der Waals surface area contributed by atoms with Gasteiger partial charge in [-0.25, -0.2) is 4.79 Å². The Morgan fingerprint density at radius 2 is 2.10 bits per heavy atom. The van der Waals surface area contributed by atoms with Crippen molar-refractivity contribution in [3.05, 3.63) is 64.1 Å². The summed E-state index contributed by atoms with van der Waals surface area (Å²) >= 11 is 0. The molecule has 1 atom stereocenters. The van der Waals surface area contributed by atoms with Crippen LogP contribution >= 0.6 is 0 Å². The predicted octanol–water partition coefficient (Wildman–Crippen LogP) is 1.72. The van der Waals surface area contributed by atoms with Gasteiger partial charge in [-0.1, -0.05) is 18.2 Å². The van der Waals surface area contributed by atoms with Gasteiger partial charge in [0.05, 0.1) is 12.2 Å². The number of nitrogens with zero attached hydrogens (tertiary/aromatic N) is 1. The molecule has 0 saturated carbocycles. The van der Waals surface area contributed by atoms with E-state index in [1.807, 2.05) is 24.3 Å². The van der Waals surface area contributed by atoms with E-state index >= 15 is 0 Å². The molecule has 2 heterocycles. The van der Waals surface area contributed by atoms with Crippen molar-refractivity contribution in [2.75, 3.05) is 6.61 Å². The quantitative estimate of drug-likeness (QED) is 0.923. The van der Waals surface area contributed by atoms with Crippen molar-refractivity contribution in [1.29, 1.82) is 0 Å². The Kier molecular flexibility index (Phi) is 3.02. The Morgan fingerprint density at radius 1 is 1.30 bits per heavy atom. The zero-order valence-corrected chi connectivity index (χ0v) is 10.7. The molecule has 0 radical (unpaired) electrons. The lowest BCUT2D eigenvalue weighted by atomic mass is 10.0. The minimum atomic E-state index is -1.04. The smallest absolute Gasteiger partial charge is 0.337 e. The van der Waals surface area contributed by atoms with E-state index in [2.05, 4.69) is 0 Å². The van der Waals surface area contributed by atoms with Crippen LogP contribution in [0.1, 0.15) is 21.8 Å². The van der Waals surface area contributed by atoms with Crippen molar-refractivity contribution in [3.63, 3.8) is 0 Å². The number of pyridine rings is 1. The van der Waals surface area contributed by atoms with Gasteiger partial charge in [0, 0.05) is 30.3 Å². The molecular formula is C15H13NO4. The van der Waals surface area contributed by atoms with E-state index in [0.717, 1.165) is 11.3 Å². The highest BCUT2D eigenvalue weighted by molar-refractivity contribution is 5.87. The Bertz CT molecular complexity index is 720. The summed E-state index contributed by atoms with van der Waals surface area (Å²) in [6.45, 7) is 0.917. The van der Waals surface area contributed by atoms with Crippen molar-refractivity contribution in [2.24, 2.45) is 0 Å². The fourth-order valence-corrected chi connectivity index (χ4v) is 2.42. The molecule has 1 aromatic carbocycles. The average Bonchev–Trinajstić information content (AvgIpc) is 2.84. The summed E-state index contributed by atoms with van der Waals surface area (Å²) in [6, 6.07) is 10.3. The Balaban J connectivity index is 1.91. The van der Waals surface area contributed by atoms with Gasteiger partial charge in [-0.15, -0.1) is 0 Å². The van der Waals surface area contributed by atoms with Crippen LogP contribution in [0.2, 0.25) is 0 Å². The van der Waals surface area contributed by atoms with Gasteiger partial charge >= 0.3 is 5.97 Å². The molecule has 2 aromatic rings. The number of rotatable bonds is 3. The normalized spacial score (nSPS) is 16.5. The SMILES string of the molecule is O=C(O)c1ccc(=O)n(CC2COc3ccccc32)c1. The lowest BCUT2D eigenvalue weighted by molar-refractivity contribution is 0.0695. The number of carboxylic acids is 1. The van der Waals surface area contributed by atoms with Crippen LogP contribution in [0.25, 0.3) is 0 Å². The molecule has 0 aliphatic carbocycles. The van der Waals surface area contributed by atoms with Crippen molar-refractivity contribution in [1.82, 2.24) is 4.57 Å². The minimum Gasteiger partial charge on any atom is -0.493 e. The molecule has 5 heteroatoms. The first-order valence-electron chi connectivity index (χ1n) is 6.30. The maximum atomic E-state index is 11.8. The van der Waals surface area contributed by atoms with E-state index in [-0.39, 0.29) is 17.0 Å². The highest BCUT2D eigenvalue weighted by Gasteiger charge is 2.24. The van der Waals surface area contributed by atoms with E-state index in [4.69, 9.17) is 9.84 Å². The van der Waals surface area contributed by atoms with Crippen molar-refractivity contribution >= 4 is 5.97 Å². The summed E-state index contributed by atoms with van der Waals surface area (Å²) in [5.41, 5.74) is 0.955. The van der Waals surface area contributed by atoms with Crippen LogP contribution in [0.4, 0.5) is 0 Å². The first-order valence-corrected chi connectivity index (χ1v) is 6.30. The molecule has 1 aliphatic heterocycles. The van der Waals surface area contributed by atoms with Gasteiger partial charge in [-0.05, 0) is 12.1 Å². The van der Waals surface area contributed by atoms with Crippen molar-refractivity contribution in [3.8, 4) is 5.75 Å². The number of ether oxygens (including phenoxy) is 1. The molecule has 0 spiro atoms. The molecule has 20 heavy (non-hydrogen) atoms. The predicted molar refractivity (Wildman–Crippen MR) is 72.3 cm³/mol. The largest absolute Gasteiger partial charge is 0.493 e. The second kappa shape index (κ2) is 4.85. The van der Waals surface area contributed by atoms with Gasteiger partial charge in [-0.2, -0.15) is 0 Å². The first kappa shape index (κ1) is 12.5. The fraction of sp³-hybridized carbons (Fsp3) is 0.200. The first-order chi connectivity index (χ1) is 9.65. The van der Waals surface area contributed by atoms with Crippen molar-refractivity contribution < 1.29 is 14.6 Å². The van der Waals surface area contributed by atoms with Gasteiger partial charge in [-0.3, -0.25) is 4.79 Å². The Labute approximate surface area is 115 Å². The van der Waals surface area contributed by atoms with Crippen LogP contribution in [0, 0.1) is 0 Å². The van der Waals surface area contributed by atoms with Gasteiger partial charge in [0.15, 0.2) is 0 Å². The summed E-state index contributed by atoms with van der Waals surface area (Å²) < 4.78 is 7.00. The Hall–Kier alpha value is -2.56. The molecule has 0 fully saturated rings. The maximum Gasteiger partial charge on any atom is 0.337 e. The minimum absolute atomic E-state index is 0.0629. The third-order valence-corrected chi connectivity index (χ3v) is 3.45. The number of carbonyl (C=O) groups is 1. The van der Waals surface area contributed by atoms with E-state index in [0.29, 0.717) is 13.2 Å². The molecule has 3 rings (SSSR count). The molecule has 0 amide bonds. The maximum absolute atomic E-state index is 11.8. The zero-order chi connectivity index (χ0) is 14.1. The van der Waals surface area contributed by atoms with E-state index < -0.39 is 5.97 Å². The highest BCUT2D eigenvalue weighted by Crippen LogP contribution is 2.34. The molecule has 1 aliphatic rings. The summed E-state index contributed by atoms with van der Waals surface area (Å²) in [5, 5.41) is 8.98. The second-order valence-electron chi connectivity index (χ2n) is 4.76. The lowest BCUT2D eigenvalue weighted by Gasteiger charge is -2.11. The topological polar surface area (TPSA) is 68.5 Å². The number of aromatic carboxylic acids is 1. The summed E-state index contributed by atoms with van der Waals surface area (Å²) in [7, 11) is 0. The number of benzene rings is 1. The van der Waals surface area contributed by atoms with E-state index in [9.17, 15) is 9.59 Å². The number of aromatic nitrogens is 1. The zero-order valence-electron chi connectivity index (χ0n) is 10.7. The number of para-hydroxylation sites is 1. The molecule has 102 valence electrons. The average molecular weight is 271 g/mol. The molecular weight excluding hydrogens is 258 g/mol. The molecule has 1 unspecified atom stereocenters. The van der Waals surface area contributed by atoms with Crippen LogP contribution in [0.5, 0.6) is 5.75 Å². The molecule has 1 N–H and O–H groups in total. The third-order valence-electron chi connectivity index (χ3n) is 3.45. The van der Waals surface area contributed by atoms with Crippen LogP contribution in [-0.4, -0.2) is 22.2 Å². The number of hydrogen-bond donors (Lipinski definition) is 1. The molecule has 1 aromatic heterocycles. The highest BCUT2D eigenvalue weighted by atomic mass is 16.5. The van der Waals surface area contributed by atoms with Crippen LogP contribution in [0.3, 0.4) is 0 Å². The number of carboxylic acid groups (broad SMARTS) is 1. The second-order valence-corrected chi connectivity index (χ2v) is 4.76. The lowest BCUT2D eigenvalue weighted by Crippen LogP contribution is -2.24. The molecule has 0 saturated heterocycles. The third kappa shape index (κ3) is 2.18. The fourth-order valence-electron chi connectivity index (χ4n) is 2.42. The number of hydrogen-bond acceptors (Lipinski definition) is 3. The van der Waals surface area contributed by atoms with E-state index in [1.165, 1.54) is 22.9 Å². The number of fused-ring (bicyclic) bond motifs is 1. The van der Waals surface area contributed by atoms with Gasteiger partial charge < -0.3 is 14.4 Å². The van der Waals surface area contributed by atoms with Crippen molar-refractivity contribution in [2.45, 2.75) is 12.5 Å². The van der Waals surface area contributed by atoms with Crippen LogP contribution in [-0.2, 0) is 6.54 Å².